The Bertz CT molecular complexity index is 469. The van der Waals surface area contributed by atoms with E-state index < -0.39 is 0 Å². The Morgan fingerprint density at radius 3 is 2.65 bits per heavy atom. The number of rotatable bonds is 6. The average molecular weight is 357 g/mol. The topological polar surface area (TPSA) is 41.1 Å². The Labute approximate surface area is 150 Å². The number of piperidine rings is 1. The van der Waals surface area contributed by atoms with Crippen LogP contribution in [0.15, 0.2) is 30.3 Å². The molecular weight excluding hydrogens is 328 g/mol. The predicted octanol–water partition coefficient (Wildman–Crippen LogP) is 3.48. The number of hydrogen-bond acceptors (Lipinski definition) is 3. The molecule has 1 aromatic rings. The van der Waals surface area contributed by atoms with E-state index in [0.29, 0.717) is 11.8 Å². The van der Waals surface area contributed by atoms with Crippen molar-refractivity contribution in [1.82, 2.24) is 10.6 Å². The van der Waals surface area contributed by atoms with E-state index in [1.807, 2.05) is 6.07 Å². The summed E-state index contributed by atoms with van der Waals surface area (Å²) < 4.78 is 0. The van der Waals surface area contributed by atoms with Crippen molar-refractivity contribution in [2.24, 2.45) is 11.8 Å². The Hall–Kier alpha value is -0.710. The first-order valence-corrected chi connectivity index (χ1v) is 9.29. The fourth-order valence-electron chi connectivity index (χ4n) is 2.78. The van der Waals surface area contributed by atoms with E-state index >= 15 is 0 Å². The monoisotopic (exact) mass is 356 g/mol. The minimum Gasteiger partial charge on any atom is -0.351 e. The van der Waals surface area contributed by atoms with Crippen molar-refractivity contribution < 1.29 is 4.79 Å². The molecule has 0 bridgehead atoms. The number of carbonyl (C=O) groups excluding carboxylic acids is 1. The quantitative estimate of drug-likeness (QED) is 0.819. The van der Waals surface area contributed by atoms with Gasteiger partial charge in [0.05, 0.1) is 5.25 Å². The lowest BCUT2D eigenvalue weighted by Gasteiger charge is -2.32. The van der Waals surface area contributed by atoms with Crippen LogP contribution in [0.5, 0.6) is 0 Å². The number of halogens is 1. The third-order valence-electron chi connectivity index (χ3n) is 4.29. The van der Waals surface area contributed by atoms with E-state index in [-0.39, 0.29) is 29.6 Å². The first kappa shape index (κ1) is 20.3. The van der Waals surface area contributed by atoms with Gasteiger partial charge in [-0.15, -0.1) is 24.2 Å². The zero-order valence-electron chi connectivity index (χ0n) is 14.2. The molecule has 3 unspecified atom stereocenters. The summed E-state index contributed by atoms with van der Waals surface area (Å²) in [6.45, 7) is 8.44. The lowest BCUT2D eigenvalue weighted by atomic mass is 9.94. The normalized spacial score (nSPS) is 22.3. The van der Waals surface area contributed by atoms with Crippen molar-refractivity contribution in [1.29, 1.82) is 0 Å². The van der Waals surface area contributed by atoms with Gasteiger partial charge >= 0.3 is 0 Å². The molecule has 3 atom stereocenters. The van der Waals surface area contributed by atoms with Crippen LogP contribution in [0.25, 0.3) is 0 Å². The van der Waals surface area contributed by atoms with Crippen LogP contribution in [0, 0.1) is 11.8 Å². The molecule has 130 valence electrons. The van der Waals surface area contributed by atoms with Crippen LogP contribution >= 0.6 is 24.2 Å². The van der Waals surface area contributed by atoms with Crippen molar-refractivity contribution >= 4 is 30.1 Å². The fourth-order valence-corrected chi connectivity index (χ4v) is 3.95. The highest BCUT2D eigenvalue weighted by atomic mass is 35.5. The molecule has 0 spiro atoms. The van der Waals surface area contributed by atoms with Crippen LogP contribution in [0.4, 0.5) is 0 Å². The van der Waals surface area contributed by atoms with E-state index in [9.17, 15) is 4.79 Å². The lowest BCUT2D eigenvalue weighted by molar-refractivity contribution is -0.122. The lowest BCUT2D eigenvalue weighted by Crippen LogP contribution is -2.52. The molecule has 0 saturated carbocycles. The molecule has 0 aromatic heterocycles. The van der Waals surface area contributed by atoms with Crippen LogP contribution in [-0.4, -0.2) is 30.3 Å². The second-order valence-corrected chi connectivity index (χ2v) is 7.68. The van der Waals surface area contributed by atoms with Crippen molar-refractivity contribution in [3.8, 4) is 0 Å². The molecule has 23 heavy (non-hydrogen) atoms. The van der Waals surface area contributed by atoms with Crippen molar-refractivity contribution in [2.75, 3.05) is 13.1 Å². The maximum atomic E-state index is 12.7. The number of amides is 1. The Balaban J connectivity index is 0.00000264. The first-order chi connectivity index (χ1) is 10.6. The van der Waals surface area contributed by atoms with Gasteiger partial charge in [0.25, 0.3) is 0 Å². The number of benzene rings is 1. The molecule has 1 heterocycles. The summed E-state index contributed by atoms with van der Waals surface area (Å²) in [7, 11) is 0. The predicted molar refractivity (Wildman–Crippen MR) is 102 cm³/mol. The number of carbonyl (C=O) groups is 1. The summed E-state index contributed by atoms with van der Waals surface area (Å²) in [6, 6.07) is 10.6. The standard InChI is InChI=1S/C18H28N2OS.ClH/c1-13(2)17(22-12-15-7-5-4-6-8-15)18(21)20-16-11-19-10-9-14(16)3;/h4-8,13-14,16-17,19H,9-12H2,1-3H3,(H,20,21);1H. The molecule has 1 amide bonds. The zero-order valence-corrected chi connectivity index (χ0v) is 15.9. The van der Waals surface area contributed by atoms with Crippen molar-refractivity contribution in [2.45, 2.75) is 44.2 Å². The van der Waals surface area contributed by atoms with E-state index in [1.165, 1.54) is 5.56 Å². The number of hydrogen-bond donors (Lipinski definition) is 2. The molecule has 0 aliphatic carbocycles. The molecule has 1 aromatic carbocycles. The van der Waals surface area contributed by atoms with Gasteiger partial charge in [-0.25, -0.2) is 0 Å². The molecule has 1 saturated heterocycles. The zero-order chi connectivity index (χ0) is 15.9. The molecule has 0 radical (unpaired) electrons. The summed E-state index contributed by atoms with van der Waals surface area (Å²) in [6.07, 6.45) is 1.13. The first-order valence-electron chi connectivity index (χ1n) is 8.24. The molecule has 2 rings (SSSR count). The Morgan fingerprint density at radius 1 is 1.35 bits per heavy atom. The molecule has 1 fully saturated rings. The van der Waals surface area contributed by atoms with E-state index in [4.69, 9.17) is 0 Å². The molecule has 2 N–H and O–H groups in total. The van der Waals surface area contributed by atoms with Gasteiger partial charge in [0.1, 0.15) is 0 Å². The highest BCUT2D eigenvalue weighted by Crippen LogP contribution is 2.24. The molecule has 5 heteroatoms. The van der Waals surface area contributed by atoms with Gasteiger partial charge in [0.2, 0.25) is 5.91 Å². The maximum Gasteiger partial charge on any atom is 0.233 e. The molecule has 1 aliphatic rings. The van der Waals surface area contributed by atoms with Gasteiger partial charge in [0.15, 0.2) is 0 Å². The highest BCUT2D eigenvalue weighted by Gasteiger charge is 2.28. The minimum absolute atomic E-state index is 0. The summed E-state index contributed by atoms with van der Waals surface area (Å²) in [5.41, 5.74) is 1.28. The summed E-state index contributed by atoms with van der Waals surface area (Å²) in [4.78, 5) is 12.7. The molecule has 1 aliphatic heterocycles. The van der Waals surface area contributed by atoms with Gasteiger partial charge in [-0.3, -0.25) is 4.79 Å². The van der Waals surface area contributed by atoms with E-state index in [0.717, 1.165) is 25.3 Å². The Kier molecular flexibility index (Phi) is 9.03. The van der Waals surface area contributed by atoms with Crippen LogP contribution in [0.2, 0.25) is 0 Å². The second-order valence-electron chi connectivity index (χ2n) is 6.55. The number of thioether (sulfide) groups is 1. The minimum atomic E-state index is 0. The molecule has 3 nitrogen and oxygen atoms in total. The van der Waals surface area contributed by atoms with Crippen LogP contribution < -0.4 is 10.6 Å². The summed E-state index contributed by atoms with van der Waals surface area (Å²) >= 11 is 1.75. The van der Waals surface area contributed by atoms with Crippen molar-refractivity contribution in [3.63, 3.8) is 0 Å². The number of nitrogens with one attached hydrogen (secondary N) is 2. The van der Waals surface area contributed by atoms with Gasteiger partial charge in [-0.2, -0.15) is 0 Å². The third-order valence-corrected chi connectivity index (χ3v) is 5.91. The second kappa shape index (κ2) is 10.2. The third kappa shape index (κ3) is 6.36. The SMILES string of the molecule is CC(C)C(SCc1ccccc1)C(=O)NC1CNCCC1C.Cl. The van der Waals surface area contributed by atoms with Crippen LogP contribution in [-0.2, 0) is 10.5 Å². The highest BCUT2D eigenvalue weighted by molar-refractivity contribution is 7.99. The van der Waals surface area contributed by atoms with Crippen LogP contribution in [0.1, 0.15) is 32.8 Å². The summed E-state index contributed by atoms with van der Waals surface area (Å²) in [5, 5.41) is 6.65. The van der Waals surface area contributed by atoms with Crippen molar-refractivity contribution in [3.05, 3.63) is 35.9 Å². The van der Waals surface area contributed by atoms with Gasteiger partial charge < -0.3 is 10.6 Å². The smallest absolute Gasteiger partial charge is 0.233 e. The van der Waals surface area contributed by atoms with Gasteiger partial charge in [-0.05, 0) is 30.4 Å². The average Bonchev–Trinajstić information content (AvgIpc) is 2.50. The molecular formula is C18H29ClN2OS. The van der Waals surface area contributed by atoms with Crippen LogP contribution in [0.3, 0.4) is 0 Å². The largest absolute Gasteiger partial charge is 0.351 e. The van der Waals surface area contributed by atoms with E-state index in [1.54, 1.807) is 11.8 Å². The van der Waals surface area contributed by atoms with E-state index in [2.05, 4.69) is 55.7 Å². The Morgan fingerprint density at radius 2 is 2.04 bits per heavy atom. The van der Waals surface area contributed by atoms with Gasteiger partial charge in [0, 0.05) is 18.3 Å². The maximum absolute atomic E-state index is 12.7. The fraction of sp³-hybridized carbons (Fsp3) is 0.611. The van der Waals surface area contributed by atoms with Gasteiger partial charge in [-0.1, -0.05) is 51.1 Å². The summed E-state index contributed by atoms with van der Waals surface area (Å²) in [5.74, 6) is 1.96.